The van der Waals surface area contributed by atoms with Crippen molar-refractivity contribution < 1.29 is 14.7 Å². The number of likely N-dealkylation sites (tertiary alicyclic amines) is 1. The van der Waals surface area contributed by atoms with E-state index >= 15 is 0 Å². The molecule has 1 atom stereocenters. The van der Waals surface area contributed by atoms with Crippen LogP contribution >= 0.6 is 11.6 Å². The lowest BCUT2D eigenvalue weighted by molar-refractivity contribution is -0.136. The summed E-state index contributed by atoms with van der Waals surface area (Å²) in [6.07, 6.45) is 1.72. The van der Waals surface area contributed by atoms with Crippen molar-refractivity contribution in [3.8, 4) is 0 Å². The van der Waals surface area contributed by atoms with Crippen LogP contribution in [0.15, 0.2) is 24.3 Å². The van der Waals surface area contributed by atoms with Crippen molar-refractivity contribution in [1.82, 2.24) is 10.2 Å². The lowest BCUT2D eigenvalue weighted by Gasteiger charge is -2.26. The van der Waals surface area contributed by atoms with Gasteiger partial charge in [0.1, 0.15) is 0 Å². The topological polar surface area (TPSA) is 69.6 Å². The Balaban J connectivity index is 2.02. The highest BCUT2D eigenvalue weighted by Crippen LogP contribution is 2.35. The van der Waals surface area contributed by atoms with Gasteiger partial charge in [-0.2, -0.15) is 0 Å². The molecule has 0 bridgehead atoms. The SMILES string of the molecule is O=C(O)CCNC(=O)N1CCCC1c1ccccc1Cl. The number of carboxylic acid groups (broad SMARTS) is 1. The molecule has 1 unspecified atom stereocenters. The lowest BCUT2D eigenvalue weighted by Crippen LogP contribution is -2.40. The second-order valence-electron chi connectivity index (χ2n) is 4.75. The summed E-state index contributed by atoms with van der Waals surface area (Å²) in [6.45, 7) is 0.800. The van der Waals surface area contributed by atoms with E-state index < -0.39 is 5.97 Å². The van der Waals surface area contributed by atoms with Crippen molar-refractivity contribution in [3.63, 3.8) is 0 Å². The molecular weight excluding hydrogens is 280 g/mol. The Hall–Kier alpha value is -1.75. The van der Waals surface area contributed by atoms with Crippen molar-refractivity contribution in [1.29, 1.82) is 0 Å². The summed E-state index contributed by atoms with van der Waals surface area (Å²) in [5.74, 6) is -0.922. The summed E-state index contributed by atoms with van der Waals surface area (Å²) in [5.41, 5.74) is 0.944. The van der Waals surface area contributed by atoms with Crippen LogP contribution in [-0.4, -0.2) is 35.1 Å². The highest BCUT2D eigenvalue weighted by atomic mass is 35.5. The number of halogens is 1. The molecule has 0 radical (unpaired) electrons. The van der Waals surface area contributed by atoms with Gasteiger partial charge in [0.2, 0.25) is 0 Å². The van der Waals surface area contributed by atoms with Gasteiger partial charge in [0.15, 0.2) is 0 Å². The van der Waals surface area contributed by atoms with Gasteiger partial charge in [0, 0.05) is 18.1 Å². The van der Waals surface area contributed by atoms with Gasteiger partial charge in [-0.1, -0.05) is 29.8 Å². The quantitative estimate of drug-likeness (QED) is 0.897. The third-order valence-corrected chi connectivity index (χ3v) is 3.74. The van der Waals surface area contributed by atoms with Crippen LogP contribution in [-0.2, 0) is 4.79 Å². The molecule has 0 aliphatic carbocycles. The molecule has 2 rings (SSSR count). The van der Waals surface area contributed by atoms with E-state index in [1.807, 2.05) is 24.3 Å². The average molecular weight is 297 g/mol. The molecule has 0 saturated carbocycles. The fourth-order valence-electron chi connectivity index (χ4n) is 2.46. The highest BCUT2D eigenvalue weighted by Gasteiger charge is 2.30. The van der Waals surface area contributed by atoms with E-state index in [1.54, 1.807) is 4.90 Å². The number of hydrogen-bond donors (Lipinski definition) is 2. The number of urea groups is 1. The van der Waals surface area contributed by atoms with Crippen molar-refractivity contribution >= 4 is 23.6 Å². The van der Waals surface area contributed by atoms with E-state index in [4.69, 9.17) is 16.7 Å². The number of nitrogens with zero attached hydrogens (tertiary/aromatic N) is 1. The molecule has 5 nitrogen and oxygen atoms in total. The van der Waals surface area contributed by atoms with Crippen LogP contribution in [0.2, 0.25) is 5.02 Å². The van der Waals surface area contributed by atoms with Gasteiger partial charge in [0.05, 0.1) is 12.5 Å². The number of carboxylic acids is 1. The van der Waals surface area contributed by atoms with Crippen LogP contribution in [0, 0.1) is 0 Å². The monoisotopic (exact) mass is 296 g/mol. The van der Waals surface area contributed by atoms with Crippen LogP contribution < -0.4 is 5.32 Å². The smallest absolute Gasteiger partial charge is 0.317 e. The van der Waals surface area contributed by atoms with Crippen molar-refractivity contribution in [3.05, 3.63) is 34.9 Å². The Morgan fingerprint density at radius 1 is 1.40 bits per heavy atom. The summed E-state index contributed by atoms with van der Waals surface area (Å²) in [7, 11) is 0. The fourth-order valence-corrected chi connectivity index (χ4v) is 2.72. The molecule has 6 heteroatoms. The largest absolute Gasteiger partial charge is 0.481 e. The minimum atomic E-state index is -0.922. The Kier molecular flexibility index (Phi) is 4.84. The van der Waals surface area contributed by atoms with Crippen LogP contribution in [0.1, 0.15) is 30.9 Å². The lowest BCUT2D eigenvalue weighted by atomic mass is 10.0. The predicted molar refractivity (Wildman–Crippen MR) is 75.8 cm³/mol. The first-order chi connectivity index (χ1) is 9.59. The van der Waals surface area contributed by atoms with Crippen molar-refractivity contribution in [2.24, 2.45) is 0 Å². The number of rotatable bonds is 4. The predicted octanol–water partition coefficient (Wildman–Crippen LogP) is 2.66. The van der Waals surface area contributed by atoms with E-state index in [1.165, 1.54) is 0 Å². The number of aliphatic carboxylic acids is 1. The minimum Gasteiger partial charge on any atom is -0.481 e. The number of carbonyl (C=O) groups is 2. The maximum absolute atomic E-state index is 12.1. The number of amides is 2. The first kappa shape index (κ1) is 14.7. The second kappa shape index (κ2) is 6.61. The number of benzene rings is 1. The first-order valence-corrected chi connectivity index (χ1v) is 6.98. The molecule has 108 valence electrons. The Morgan fingerprint density at radius 2 is 2.15 bits per heavy atom. The van der Waals surface area contributed by atoms with Crippen LogP contribution in [0.5, 0.6) is 0 Å². The van der Waals surface area contributed by atoms with Gasteiger partial charge < -0.3 is 15.3 Å². The second-order valence-corrected chi connectivity index (χ2v) is 5.16. The molecular formula is C14H17ClN2O3. The molecule has 2 N–H and O–H groups in total. The van der Waals surface area contributed by atoms with Crippen LogP contribution in [0.4, 0.5) is 4.79 Å². The van der Waals surface area contributed by atoms with Gasteiger partial charge in [-0.05, 0) is 24.5 Å². The molecule has 1 fully saturated rings. The normalized spacial score (nSPS) is 18.1. The third kappa shape index (κ3) is 3.42. The Morgan fingerprint density at radius 3 is 2.85 bits per heavy atom. The van der Waals surface area contributed by atoms with Crippen LogP contribution in [0.25, 0.3) is 0 Å². The third-order valence-electron chi connectivity index (χ3n) is 3.39. The molecule has 0 spiro atoms. The molecule has 0 aromatic heterocycles. The van der Waals surface area contributed by atoms with Crippen molar-refractivity contribution in [2.45, 2.75) is 25.3 Å². The Labute approximate surface area is 122 Å². The molecule has 1 saturated heterocycles. The van der Waals surface area contributed by atoms with E-state index in [9.17, 15) is 9.59 Å². The van der Waals surface area contributed by atoms with Gasteiger partial charge in [-0.15, -0.1) is 0 Å². The van der Waals surface area contributed by atoms with E-state index in [2.05, 4.69) is 5.32 Å². The average Bonchev–Trinajstić information content (AvgIpc) is 2.87. The zero-order valence-corrected chi connectivity index (χ0v) is 11.8. The molecule has 20 heavy (non-hydrogen) atoms. The maximum atomic E-state index is 12.1. The summed E-state index contributed by atoms with van der Waals surface area (Å²) < 4.78 is 0. The minimum absolute atomic E-state index is 0.0338. The van der Waals surface area contributed by atoms with Gasteiger partial charge in [0.25, 0.3) is 0 Å². The van der Waals surface area contributed by atoms with Crippen LogP contribution in [0.3, 0.4) is 0 Å². The van der Waals surface area contributed by atoms with E-state index in [0.717, 1.165) is 18.4 Å². The standard InChI is InChI=1S/C14H17ClN2O3/c15-11-5-2-1-4-10(11)12-6-3-9-17(12)14(20)16-8-7-13(18)19/h1-2,4-5,12H,3,6-9H2,(H,16,20)(H,18,19). The molecule has 1 aliphatic heterocycles. The molecule has 2 amide bonds. The summed E-state index contributed by atoms with van der Waals surface area (Å²) >= 11 is 6.18. The molecule has 1 aromatic rings. The fraction of sp³-hybridized carbons (Fsp3) is 0.429. The van der Waals surface area contributed by atoms with Gasteiger partial charge in [-0.25, -0.2) is 4.79 Å². The maximum Gasteiger partial charge on any atom is 0.317 e. The summed E-state index contributed by atoms with van der Waals surface area (Å²) in [5, 5.41) is 11.9. The number of nitrogens with one attached hydrogen (secondary N) is 1. The summed E-state index contributed by atoms with van der Waals surface area (Å²) in [4.78, 5) is 24.3. The van der Waals surface area contributed by atoms with Gasteiger partial charge in [-0.3, -0.25) is 4.79 Å². The zero-order valence-electron chi connectivity index (χ0n) is 11.0. The molecule has 1 aliphatic rings. The van der Waals surface area contributed by atoms with Crippen molar-refractivity contribution in [2.75, 3.05) is 13.1 Å². The number of hydrogen-bond acceptors (Lipinski definition) is 2. The summed E-state index contributed by atoms with van der Waals surface area (Å²) in [6, 6.07) is 7.24. The van der Waals surface area contributed by atoms with E-state index in [0.29, 0.717) is 11.6 Å². The molecule has 1 heterocycles. The number of carbonyl (C=O) groups excluding carboxylic acids is 1. The molecule has 1 aromatic carbocycles. The van der Waals surface area contributed by atoms with E-state index in [-0.39, 0.29) is 25.0 Å². The Bertz CT molecular complexity index is 507. The zero-order chi connectivity index (χ0) is 14.5. The van der Waals surface area contributed by atoms with Gasteiger partial charge >= 0.3 is 12.0 Å². The highest BCUT2D eigenvalue weighted by molar-refractivity contribution is 6.31. The first-order valence-electron chi connectivity index (χ1n) is 6.60.